The Kier molecular flexibility index (Phi) is 5.99. The summed E-state index contributed by atoms with van der Waals surface area (Å²) in [5.74, 6) is -0.197. The van der Waals surface area contributed by atoms with Gasteiger partial charge in [-0.05, 0) is 38.3 Å². The van der Waals surface area contributed by atoms with E-state index in [2.05, 4.69) is 0 Å². The summed E-state index contributed by atoms with van der Waals surface area (Å²) in [4.78, 5) is 26.4. The van der Waals surface area contributed by atoms with Crippen LogP contribution in [0.1, 0.15) is 54.9 Å². The van der Waals surface area contributed by atoms with Crippen molar-refractivity contribution in [2.75, 3.05) is 13.2 Å². The molecule has 1 aliphatic rings. The molecule has 1 aliphatic carbocycles. The van der Waals surface area contributed by atoms with E-state index in [0.29, 0.717) is 13.2 Å². The molecule has 1 aromatic carbocycles. The zero-order chi connectivity index (χ0) is 15.9. The van der Waals surface area contributed by atoms with Gasteiger partial charge in [0, 0.05) is 18.2 Å². The molecule has 2 rings (SSSR count). The van der Waals surface area contributed by atoms with Gasteiger partial charge in [-0.25, -0.2) is 0 Å². The molecule has 0 bridgehead atoms. The number of benzene rings is 1. The molecule has 1 saturated carbocycles. The fourth-order valence-electron chi connectivity index (χ4n) is 3.08. The van der Waals surface area contributed by atoms with Gasteiger partial charge in [-0.2, -0.15) is 0 Å². The monoisotopic (exact) mass is 303 g/mol. The van der Waals surface area contributed by atoms with Crippen LogP contribution in [0.2, 0.25) is 0 Å². The van der Waals surface area contributed by atoms with E-state index in [4.69, 9.17) is 4.74 Å². The van der Waals surface area contributed by atoms with E-state index in [-0.39, 0.29) is 24.3 Å². The third kappa shape index (κ3) is 4.09. The molecule has 1 aromatic rings. The zero-order valence-electron chi connectivity index (χ0n) is 13.5. The molecule has 4 heteroatoms. The fourth-order valence-corrected chi connectivity index (χ4v) is 3.08. The van der Waals surface area contributed by atoms with Crippen LogP contribution < -0.4 is 0 Å². The first-order valence-electron chi connectivity index (χ1n) is 8.15. The van der Waals surface area contributed by atoms with Crippen LogP contribution in [0.25, 0.3) is 0 Å². The van der Waals surface area contributed by atoms with E-state index < -0.39 is 0 Å². The third-order valence-electron chi connectivity index (χ3n) is 4.26. The number of rotatable bonds is 6. The molecule has 1 amide bonds. The second-order valence-electron chi connectivity index (χ2n) is 5.81. The highest BCUT2D eigenvalue weighted by Crippen LogP contribution is 2.25. The van der Waals surface area contributed by atoms with Gasteiger partial charge in [0.1, 0.15) is 0 Å². The Morgan fingerprint density at radius 3 is 2.55 bits per heavy atom. The van der Waals surface area contributed by atoms with E-state index in [1.807, 2.05) is 36.1 Å². The summed E-state index contributed by atoms with van der Waals surface area (Å²) in [6.45, 7) is 4.57. The molecule has 22 heavy (non-hydrogen) atoms. The third-order valence-corrected chi connectivity index (χ3v) is 4.26. The van der Waals surface area contributed by atoms with Crippen molar-refractivity contribution in [3.8, 4) is 0 Å². The molecule has 0 atom stereocenters. The average molecular weight is 303 g/mol. The first-order valence-corrected chi connectivity index (χ1v) is 8.15. The lowest BCUT2D eigenvalue weighted by Crippen LogP contribution is -2.40. The smallest absolute Gasteiger partial charge is 0.307 e. The lowest BCUT2D eigenvalue weighted by molar-refractivity contribution is -0.143. The quantitative estimate of drug-likeness (QED) is 0.757. The molecule has 120 valence electrons. The van der Waals surface area contributed by atoms with Crippen LogP contribution in [-0.2, 0) is 9.53 Å². The van der Waals surface area contributed by atoms with Crippen molar-refractivity contribution < 1.29 is 14.3 Å². The number of aryl methyl sites for hydroxylation is 1. The summed E-state index contributed by atoms with van der Waals surface area (Å²) in [6, 6.07) is 7.89. The molecule has 0 spiro atoms. The van der Waals surface area contributed by atoms with Crippen molar-refractivity contribution in [2.24, 2.45) is 0 Å². The highest BCUT2D eigenvalue weighted by Gasteiger charge is 2.28. The summed E-state index contributed by atoms with van der Waals surface area (Å²) < 4.78 is 4.99. The number of ether oxygens (including phenoxy) is 1. The SMILES string of the molecule is CCOC(=O)CCN(C(=O)c1ccccc1C)C1CCCC1. The van der Waals surface area contributed by atoms with Crippen LogP contribution in [0.3, 0.4) is 0 Å². The Balaban J connectivity index is 2.11. The first-order chi connectivity index (χ1) is 10.6. The van der Waals surface area contributed by atoms with E-state index in [9.17, 15) is 9.59 Å². The number of carbonyl (C=O) groups is 2. The minimum Gasteiger partial charge on any atom is -0.466 e. The van der Waals surface area contributed by atoms with Crippen molar-refractivity contribution in [1.82, 2.24) is 4.90 Å². The largest absolute Gasteiger partial charge is 0.466 e. The maximum absolute atomic E-state index is 12.9. The number of amides is 1. The van der Waals surface area contributed by atoms with Crippen LogP contribution in [0.15, 0.2) is 24.3 Å². The van der Waals surface area contributed by atoms with Crippen LogP contribution in [-0.4, -0.2) is 36.0 Å². The maximum Gasteiger partial charge on any atom is 0.307 e. The molecule has 1 fully saturated rings. The Labute approximate surface area is 132 Å². The standard InChI is InChI=1S/C18H25NO3/c1-3-22-17(20)12-13-19(15-9-5-6-10-15)18(21)16-11-7-4-8-14(16)2/h4,7-8,11,15H,3,5-6,9-10,12-13H2,1-2H3. The first kappa shape index (κ1) is 16.5. The summed E-state index contributed by atoms with van der Waals surface area (Å²) in [5, 5.41) is 0. The number of hydrogen-bond donors (Lipinski definition) is 0. The van der Waals surface area contributed by atoms with Gasteiger partial charge in [0.2, 0.25) is 0 Å². The molecule has 0 heterocycles. The minimum atomic E-state index is -0.233. The molecule has 0 unspecified atom stereocenters. The number of carbonyl (C=O) groups excluding carboxylic acids is 2. The van der Waals surface area contributed by atoms with Crippen molar-refractivity contribution in [3.05, 3.63) is 35.4 Å². The predicted octanol–water partition coefficient (Wildman–Crippen LogP) is 3.33. The van der Waals surface area contributed by atoms with Gasteiger partial charge in [-0.15, -0.1) is 0 Å². The van der Waals surface area contributed by atoms with E-state index in [1.165, 1.54) is 0 Å². The van der Waals surface area contributed by atoms with Crippen LogP contribution in [0.5, 0.6) is 0 Å². The second-order valence-corrected chi connectivity index (χ2v) is 5.81. The number of nitrogens with zero attached hydrogens (tertiary/aromatic N) is 1. The summed E-state index contributed by atoms with van der Waals surface area (Å²) in [5.41, 5.74) is 1.71. The Morgan fingerprint density at radius 2 is 1.91 bits per heavy atom. The normalized spacial score (nSPS) is 14.8. The molecule has 0 aliphatic heterocycles. The summed E-state index contributed by atoms with van der Waals surface area (Å²) in [7, 11) is 0. The lowest BCUT2D eigenvalue weighted by atomic mass is 10.1. The van der Waals surface area contributed by atoms with Gasteiger partial charge < -0.3 is 9.64 Å². The van der Waals surface area contributed by atoms with Gasteiger partial charge >= 0.3 is 5.97 Å². The molecular formula is C18H25NO3. The van der Waals surface area contributed by atoms with Gasteiger partial charge in [0.05, 0.1) is 13.0 Å². The summed E-state index contributed by atoms with van der Waals surface area (Å²) >= 11 is 0. The zero-order valence-corrected chi connectivity index (χ0v) is 13.5. The lowest BCUT2D eigenvalue weighted by Gasteiger charge is -2.29. The number of esters is 1. The van der Waals surface area contributed by atoms with Crippen LogP contribution >= 0.6 is 0 Å². The second kappa shape index (κ2) is 7.97. The van der Waals surface area contributed by atoms with Crippen LogP contribution in [0, 0.1) is 6.92 Å². The predicted molar refractivity (Wildman–Crippen MR) is 85.7 cm³/mol. The molecule has 0 radical (unpaired) electrons. The Hall–Kier alpha value is -1.84. The molecule has 0 aromatic heterocycles. The number of hydrogen-bond acceptors (Lipinski definition) is 3. The van der Waals surface area contributed by atoms with Crippen molar-refractivity contribution >= 4 is 11.9 Å². The van der Waals surface area contributed by atoms with Gasteiger partial charge in [-0.1, -0.05) is 31.0 Å². The van der Waals surface area contributed by atoms with Crippen molar-refractivity contribution in [1.29, 1.82) is 0 Å². The highest BCUT2D eigenvalue weighted by molar-refractivity contribution is 5.96. The van der Waals surface area contributed by atoms with Gasteiger partial charge in [0.15, 0.2) is 0 Å². The fraction of sp³-hybridized carbons (Fsp3) is 0.556. The van der Waals surface area contributed by atoms with Gasteiger partial charge in [-0.3, -0.25) is 9.59 Å². The average Bonchev–Trinajstić information content (AvgIpc) is 3.02. The topological polar surface area (TPSA) is 46.6 Å². The van der Waals surface area contributed by atoms with E-state index in [0.717, 1.165) is 36.8 Å². The Bertz CT molecular complexity index is 521. The van der Waals surface area contributed by atoms with Crippen LogP contribution in [0.4, 0.5) is 0 Å². The van der Waals surface area contributed by atoms with E-state index in [1.54, 1.807) is 6.92 Å². The van der Waals surface area contributed by atoms with Crippen molar-refractivity contribution in [3.63, 3.8) is 0 Å². The molecule has 0 N–H and O–H groups in total. The Morgan fingerprint density at radius 1 is 1.23 bits per heavy atom. The highest BCUT2D eigenvalue weighted by atomic mass is 16.5. The minimum absolute atomic E-state index is 0.0364. The molecule has 4 nitrogen and oxygen atoms in total. The molecular weight excluding hydrogens is 278 g/mol. The van der Waals surface area contributed by atoms with Crippen molar-refractivity contribution in [2.45, 2.75) is 52.0 Å². The van der Waals surface area contributed by atoms with E-state index >= 15 is 0 Å². The molecule has 0 saturated heterocycles. The maximum atomic E-state index is 12.9. The summed E-state index contributed by atoms with van der Waals surface area (Å²) in [6.07, 6.45) is 4.63. The van der Waals surface area contributed by atoms with Gasteiger partial charge in [0.25, 0.3) is 5.91 Å².